The Morgan fingerprint density at radius 3 is 2.54 bits per heavy atom. The summed E-state index contributed by atoms with van der Waals surface area (Å²) < 4.78 is 17.2. The van der Waals surface area contributed by atoms with Gasteiger partial charge in [-0.05, 0) is 24.7 Å². The second kappa shape index (κ2) is 8.02. The number of hydrogen-bond donors (Lipinski definition) is 2. The van der Waals surface area contributed by atoms with Crippen LogP contribution in [0.25, 0.3) is 0 Å². The number of nitrogens with one attached hydrogen (secondary N) is 2. The minimum absolute atomic E-state index is 0.0661. The van der Waals surface area contributed by atoms with Gasteiger partial charge < -0.3 is 24.8 Å². The molecular formula is C18H32N2O4. The van der Waals surface area contributed by atoms with Crippen LogP contribution in [0.15, 0.2) is 0 Å². The van der Waals surface area contributed by atoms with E-state index in [9.17, 15) is 4.79 Å². The van der Waals surface area contributed by atoms with Crippen molar-refractivity contribution in [2.45, 2.75) is 70.2 Å². The van der Waals surface area contributed by atoms with Gasteiger partial charge in [-0.2, -0.15) is 0 Å². The molecule has 2 amide bonds. The first-order valence-corrected chi connectivity index (χ1v) is 9.57. The molecule has 0 aromatic heterocycles. The third-order valence-corrected chi connectivity index (χ3v) is 5.95. The second-order valence-corrected chi connectivity index (χ2v) is 7.55. The lowest BCUT2D eigenvalue weighted by atomic mass is 9.72. The predicted octanol–water partition coefficient (Wildman–Crippen LogP) is 2.57. The number of urea groups is 1. The summed E-state index contributed by atoms with van der Waals surface area (Å²) in [6.07, 6.45) is 8.98. The minimum Gasteiger partial charge on any atom is -0.381 e. The lowest BCUT2D eigenvalue weighted by Crippen LogP contribution is -2.46. The Bertz CT molecular complexity index is 417. The average Bonchev–Trinajstić information content (AvgIpc) is 3.02. The van der Waals surface area contributed by atoms with Gasteiger partial charge in [-0.15, -0.1) is 0 Å². The fourth-order valence-electron chi connectivity index (χ4n) is 4.16. The third kappa shape index (κ3) is 4.41. The Morgan fingerprint density at radius 1 is 1.08 bits per heavy atom. The molecule has 3 fully saturated rings. The van der Waals surface area contributed by atoms with Gasteiger partial charge >= 0.3 is 6.03 Å². The van der Waals surface area contributed by atoms with E-state index in [0.29, 0.717) is 31.8 Å². The summed E-state index contributed by atoms with van der Waals surface area (Å²) in [5, 5.41) is 6.01. The van der Waals surface area contributed by atoms with Gasteiger partial charge in [-0.25, -0.2) is 4.79 Å². The predicted molar refractivity (Wildman–Crippen MR) is 90.8 cm³/mol. The molecule has 2 saturated heterocycles. The minimum atomic E-state index is -0.477. The summed E-state index contributed by atoms with van der Waals surface area (Å²) in [6, 6.07) is -0.0927. The average molecular weight is 340 g/mol. The Kier molecular flexibility index (Phi) is 6.00. The molecule has 2 N–H and O–H groups in total. The zero-order valence-electron chi connectivity index (χ0n) is 14.9. The van der Waals surface area contributed by atoms with Gasteiger partial charge in [0.25, 0.3) is 0 Å². The van der Waals surface area contributed by atoms with E-state index in [1.54, 1.807) is 0 Å². The van der Waals surface area contributed by atoms with E-state index in [1.165, 1.54) is 32.1 Å². The summed E-state index contributed by atoms with van der Waals surface area (Å²) in [4.78, 5) is 12.1. The third-order valence-electron chi connectivity index (χ3n) is 5.95. The first kappa shape index (κ1) is 18.0. The molecule has 0 aromatic rings. The van der Waals surface area contributed by atoms with Crippen molar-refractivity contribution in [3.63, 3.8) is 0 Å². The number of hydrogen-bond acceptors (Lipinski definition) is 4. The molecule has 1 spiro atoms. The van der Waals surface area contributed by atoms with Crippen molar-refractivity contribution in [2.24, 2.45) is 5.41 Å². The van der Waals surface area contributed by atoms with E-state index in [0.717, 1.165) is 25.8 Å². The summed E-state index contributed by atoms with van der Waals surface area (Å²) >= 11 is 0. The van der Waals surface area contributed by atoms with Crippen molar-refractivity contribution in [1.29, 1.82) is 0 Å². The zero-order chi connectivity index (χ0) is 16.9. The number of carbonyl (C=O) groups is 1. The fraction of sp³-hybridized carbons (Fsp3) is 0.944. The van der Waals surface area contributed by atoms with Crippen molar-refractivity contribution in [3.8, 4) is 0 Å². The smallest absolute Gasteiger partial charge is 0.314 e. The van der Waals surface area contributed by atoms with Crippen molar-refractivity contribution < 1.29 is 19.0 Å². The maximum Gasteiger partial charge on any atom is 0.314 e. The zero-order valence-corrected chi connectivity index (χ0v) is 14.9. The van der Waals surface area contributed by atoms with E-state index in [1.807, 2.05) is 0 Å². The lowest BCUT2D eigenvalue weighted by molar-refractivity contribution is -0.210. The molecule has 0 radical (unpaired) electrons. The van der Waals surface area contributed by atoms with Crippen LogP contribution in [0.2, 0.25) is 0 Å². The number of carbonyl (C=O) groups excluding carboxylic acids is 1. The van der Waals surface area contributed by atoms with E-state index in [-0.39, 0.29) is 12.1 Å². The summed E-state index contributed by atoms with van der Waals surface area (Å²) in [6.45, 7) is 5.41. The molecule has 3 aliphatic rings. The first-order valence-electron chi connectivity index (χ1n) is 9.57. The highest BCUT2D eigenvalue weighted by molar-refractivity contribution is 5.73. The van der Waals surface area contributed by atoms with E-state index in [4.69, 9.17) is 14.2 Å². The van der Waals surface area contributed by atoms with Crippen LogP contribution < -0.4 is 10.6 Å². The Hall–Kier alpha value is -0.850. The van der Waals surface area contributed by atoms with Crippen molar-refractivity contribution in [2.75, 3.05) is 32.9 Å². The van der Waals surface area contributed by atoms with Crippen LogP contribution in [-0.4, -0.2) is 50.8 Å². The van der Waals surface area contributed by atoms with E-state index in [2.05, 4.69) is 17.6 Å². The molecule has 24 heavy (non-hydrogen) atoms. The number of rotatable bonds is 5. The molecule has 3 rings (SSSR count). The second-order valence-electron chi connectivity index (χ2n) is 7.55. The van der Waals surface area contributed by atoms with Crippen molar-refractivity contribution >= 4 is 6.03 Å². The monoisotopic (exact) mass is 340 g/mol. The highest BCUT2D eigenvalue weighted by Gasteiger charge is 2.42. The van der Waals surface area contributed by atoms with Gasteiger partial charge in [0.2, 0.25) is 0 Å². The highest BCUT2D eigenvalue weighted by atomic mass is 16.7. The Labute approximate surface area is 145 Å². The van der Waals surface area contributed by atoms with E-state index < -0.39 is 5.79 Å². The van der Waals surface area contributed by atoms with Gasteiger partial charge in [-0.3, -0.25) is 0 Å². The van der Waals surface area contributed by atoms with Crippen LogP contribution in [0.1, 0.15) is 58.3 Å². The van der Waals surface area contributed by atoms with Crippen molar-refractivity contribution in [3.05, 3.63) is 0 Å². The number of amides is 2. The molecule has 0 unspecified atom stereocenters. The van der Waals surface area contributed by atoms with Crippen LogP contribution >= 0.6 is 0 Å². The van der Waals surface area contributed by atoms with Crippen LogP contribution in [0.5, 0.6) is 0 Å². The highest BCUT2D eigenvalue weighted by Crippen LogP contribution is 2.38. The largest absolute Gasteiger partial charge is 0.381 e. The fourth-order valence-corrected chi connectivity index (χ4v) is 4.16. The SMILES string of the molecule is CCC1(CNC(=O)NC[C@@H]2COC3(CCOCC3)O2)CCCCC1. The van der Waals surface area contributed by atoms with Crippen LogP contribution in [0, 0.1) is 5.41 Å². The molecule has 1 aliphatic carbocycles. The van der Waals surface area contributed by atoms with Gasteiger partial charge in [-0.1, -0.05) is 26.2 Å². The first-order chi connectivity index (χ1) is 11.7. The molecule has 1 saturated carbocycles. The van der Waals surface area contributed by atoms with Crippen LogP contribution in [-0.2, 0) is 14.2 Å². The molecular weight excluding hydrogens is 308 g/mol. The summed E-state index contributed by atoms with van der Waals surface area (Å²) in [5.41, 5.74) is 0.300. The molecule has 138 valence electrons. The van der Waals surface area contributed by atoms with Gasteiger partial charge in [0.05, 0.1) is 19.8 Å². The summed E-state index contributed by atoms with van der Waals surface area (Å²) in [7, 11) is 0. The summed E-state index contributed by atoms with van der Waals surface area (Å²) in [5.74, 6) is -0.477. The topological polar surface area (TPSA) is 68.8 Å². The van der Waals surface area contributed by atoms with Crippen LogP contribution in [0.3, 0.4) is 0 Å². The molecule has 6 nitrogen and oxygen atoms in total. The maximum atomic E-state index is 12.1. The molecule has 2 heterocycles. The van der Waals surface area contributed by atoms with Crippen LogP contribution in [0.4, 0.5) is 4.79 Å². The van der Waals surface area contributed by atoms with Crippen molar-refractivity contribution in [1.82, 2.24) is 10.6 Å². The maximum absolute atomic E-state index is 12.1. The molecule has 1 atom stereocenters. The molecule has 2 aliphatic heterocycles. The molecule has 6 heteroatoms. The Morgan fingerprint density at radius 2 is 1.83 bits per heavy atom. The van der Waals surface area contributed by atoms with E-state index >= 15 is 0 Å². The standard InChI is InChI=1S/C18H32N2O4/c1-2-17(6-4-3-5-7-17)14-20-16(21)19-12-15-13-23-18(24-15)8-10-22-11-9-18/h15H,2-14H2,1H3,(H2,19,20,21)/t15-/m1/s1. The lowest BCUT2D eigenvalue weighted by Gasteiger charge is -2.36. The van der Waals surface area contributed by atoms with Gasteiger partial charge in [0, 0.05) is 25.9 Å². The Balaban J connectivity index is 1.37. The number of ether oxygens (including phenoxy) is 3. The normalized spacial score (nSPS) is 28.6. The van der Waals surface area contributed by atoms with Gasteiger partial charge in [0.15, 0.2) is 5.79 Å². The quantitative estimate of drug-likeness (QED) is 0.807. The molecule has 0 aromatic carbocycles. The molecule has 0 bridgehead atoms. The van der Waals surface area contributed by atoms with Gasteiger partial charge in [0.1, 0.15) is 6.10 Å².